The van der Waals surface area contributed by atoms with Crippen molar-refractivity contribution < 1.29 is 13.2 Å². The van der Waals surface area contributed by atoms with Crippen molar-refractivity contribution in [1.29, 1.82) is 0 Å². The summed E-state index contributed by atoms with van der Waals surface area (Å²) in [6.07, 6.45) is 0. The van der Waals surface area contributed by atoms with E-state index >= 15 is 0 Å². The smallest absolute Gasteiger partial charge is 0.325 e. The zero-order valence-electron chi connectivity index (χ0n) is 12.4. The summed E-state index contributed by atoms with van der Waals surface area (Å²) in [5.74, 6) is -0.105. The average molecular weight is 360 g/mol. The quantitative estimate of drug-likeness (QED) is 0.762. The van der Waals surface area contributed by atoms with Gasteiger partial charge in [0.05, 0.1) is 5.75 Å². The number of sulfone groups is 1. The predicted molar refractivity (Wildman–Crippen MR) is 87.2 cm³/mol. The van der Waals surface area contributed by atoms with E-state index < -0.39 is 9.84 Å². The van der Waals surface area contributed by atoms with Crippen LogP contribution >= 0.6 is 22.7 Å². The summed E-state index contributed by atoms with van der Waals surface area (Å²) in [7, 11) is -0.336. The number of amides is 2. The fraction of sp³-hybridized carbons (Fsp3) is 0.417. The summed E-state index contributed by atoms with van der Waals surface area (Å²) in [4.78, 5) is 15.6. The van der Waals surface area contributed by atoms with Crippen LogP contribution in [0.3, 0.4) is 0 Å². The van der Waals surface area contributed by atoms with E-state index in [1.807, 2.05) is 12.3 Å². The first kappa shape index (κ1) is 16.8. The fourth-order valence-electron chi connectivity index (χ4n) is 1.58. The molecular formula is C12H16N4O3S3. The number of hydrogen-bond donors (Lipinski definition) is 0. The number of urea groups is 1. The minimum Gasteiger partial charge on any atom is -0.328 e. The predicted octanol–water partition coefficient (Wildman–Crippen LogP) is 2.08. The molecule has 0 fully saturated rings. The third-order valence-electron chi connectivity index (χ3n) is 2.95. The summed E-state index contributed by atoms with van der Waals surface area (Å²) in [6.45, 7) is 2.40. The van der Waals surface area contributed by atoms with E-state index in [0.29, 0.717) is 6.54 Å². The maximum atomic E-state index is 12.3. The molecule has 22 heavy (non-hydrogen) atoms. The Hall–Kier alpha value is -1.52. The molecule has 0 spiro atoms. The third kappa shape index (κ3) is 3.62. The van der Waals surface area contributed by atoms with Crippen molar-refractivity contribution in [3.63, 3.8) is 0 Å². The Kier molecular flexibility index (Phi) is 5.14. The molecule has 120 valence electrons. The molecule has 0 unspecified atom stereocenters. The van der Waals surface area contributed by atoms with E-state index in [1.54, 1.807) is 26.2 Å². The number of thiophene rings is 1. The van der Waals surface area contributed by atoms with Gasteiger partial charge < -0.3 is 4.90 Å². The van der Waals surface area contributed by atoms with Gasteiger partial charge >= 0.3 is 6.03 Å². The highest BCUT2D eigenvalue weighted by Crippen LogP contribution is 2.26. The van der Waals surface area contributed by atoms with Crippen LogP contribution < -0.4 is 4.90 Å². The lowest BCUT2D eigenvalue weighted by Gasteiger charge is -2.20. The summed E-state index contributed by atoms with van der Waals surface area (Å²) in [5.41, 5.74) is 0. The van der Waals surface area contributed by atoms with Gasteiger partial charge in [-0.25, -0.2) is 13.2 Å². The maximum absolute atomic E-state index is 12.3. The van der Waals surface area contributed by atoms with Crippen molar-refractivity contribution >= 4 is 43.7 Å². The highest BCUT2D eigenvalue weighted by Gasteiger charge is 2.25. The molecule has 0 aliphatic carbocycles. The van der Waals surface area contributed by atoms with Gasteiger partial charge in [-0.3, -0.25) is 4.90 Å². The molecule has 2 aromatic heterocycles. The number of nitrogens with zero attached hydrogens (tertiary/aromatic N) is 4. The maximum Gasteiger partial charge on any atom is 0.325 e. The van der Waals surface area contributed by atoms with Crippen molar-refractivity contribution in [2.75, 3.05) is 25.5 Å². The first-order valence-electron chi connectivity index (χ1n) is 6.42. The molecule has 0 aromatic carbocycles. The van der Waals surface area contributed by atoms with Crippen LogP contribution in [0, 0.1) is 0 Å². The average Bonchev–Trinajstić information content (AvgIpc) is 3.15. The first-order chi connectivity index (χ1) is 10.3. The largest absolute Gasteiger partial charge is 0.328 e. The monoisotopic (exact) mass is 360 g/mol. The number of hydrogen-bond acceptors (Lipinski definition) is 7. The molecule has 0 aliphatic heterocycles. The van der Waals surface area contributed by atoms with Gasteiger partial charge in [0.15, 0.2) is 0 Å². The lowest BCUT2D eigenvalue weighted by molar-refractivity contribution is 0.219. The molecule has 0 radical (unpaired) electrons. The van der Waals surface area contributed by atoms with Crippen molar-refractivity contribution in [2.24, 2.45) is 0 Å². The summed E-state index contributed by atoms with van der Waals surface area (Å²) >= 11 is 2.27. The minimum atomic E-state index is -3.54. The topological polar surface area (TPSA) is 83.5 Å². The highest BCUT2D eigenvalue weighted by atomic mass is 32.2. The number of carbonyl (C=O) groups is 1. The summed E-state index contributed by atoms with van der Waals surface area (Å²) < 4.78 is 24.5. The van der Waals surface area contributed by atoms with Crippen LogP contribution in [-0.2, 0) is 15.6 Å². The SMILES string of the molecule is CCN(C)C(=O)N(C)c1nnc(S(=O)(=O)Cc2cccs2)s1. The molecule has 7 nitrogen and oxygen atoms in total. The van der Waals surface area contributed by atoms with Gasteiger partial charge in [0.2, 0.25) is 19.3 Å². The van der Waals surface area contributed by atoms with Crippen LogP contribution in [0.4, 0.5) is 9.93 Å². The molecule has 0 saturated carbocycles. The Labute approximate surface area is 137 Å². The molecule has 0 N–H and O–H groups in total. The van der Waals surface area contributed by atoms with Crippen molar-refractivity contribution in [3.8, 4) is 0 Å². The second-order valence-corrected chi connectivity index (χ2v) is 8.70. The lowest BCUT2D eigenvalue weighted by atomic mass is 10.5. The zero-order chi connectivity index (χ0) is 16.3. The van der Waals surface area contributed by atoms with E-state index in [9.17, 15) is 13.2 Å². The third-order valence-corrected chi connectivity index (χ3v) is 7.12. The normalized spacial score (nSPS) is 11.4. The molecule has 2 aromatic rings. The van der Waals surface area contributed by atoms with Crippen LogP contribution in [0.5, 0.6) is 0 Å². The van der Waals surface area contributed by atoms with Crippen molar-refractivity contribution in [2.45, 2.75) is 17.0 Å². The molecule has 0 aliphatic rings. The Bertz CT molecular complexity index is 740. The second-order valence-electron chi connectivity index (χ2n) is 4.54. The molecule has 2 heterocycles. The van der Waals surface area contributed by atoms with Gasteiger partial charge in [-0.15, -0.1) is 21.5 Å². The molecule has 10 heteroatoms. The Morgan fingerprint density at radius 3 is 2.64 bits per heavy atom. The van der Waals surface area contributed by atoms with Gasteiger partial charge in [0.1, 0.15) is 0 Å². The Morgan fingerprint density at radius 2 is 2.05 bits per heavy atom. The first-order valence-corrected chi connectivity index (χ1v) is 9.77. The van der Waals surface area contributed by atoms with Crippen molar-refractivity contribution in [1.82, 2.24) is 15.1 Å². The van der Waals surface area contributed by atoms with E-state index in [2.05, 4.69) is 10.2 Å². The highest BCUT2D eigenvalue weighted by molar-refractivity contribution is 7.92. The van der Waals surface area contributed by atoms with Crippen LogP contribution in [-0.4, -0.2) is 50.2 Å². The van der Waals surface area contributed by atoms with Gasteiger partial charge in [0.25, 0.3) is 0 Å². The molecule has 2 amide bonds. The van der Waals surface area contributed by atoms with Gasteiger partial charge in [-0.1, -0.05) is 17.4 Å². The van der Waals surface area contributed by atoms with Gasteiger partial charge in [0, 0.05) is 25.5 Å². The van der Waals surface area contributed by atoms with Crippen LogP contribution in [0.15, 0.2) is 21.9 Å². The van der Waals surface area contributed by atoms with E-state index in [4.69, 9.17) is 0 Å². The Morgan fingerprint density at radius 1 is 1.32 bits per heavy atom. The minimum absolute atomic E-state index is 0.0744. The van der Waals surface area contributed by atoms with E-state index in [-0.39, 0.29) is 21.3 Å². The molecule has 2 rings (SSSR count). The van der Waals surface area contributed by atoms with Gasteiger partial charge in [-0.05, 0) is 18.4 Å². The summed E-state index contributed by atoms with van der Waals surface area (Å²) in [5, 5.41) is 9.63. The second kappa shape index (κ2) is 6.71. The molecule has 0 saturated heterocycles. The zero-order valence-corrected chi connectivity index (χ0v) is 14.8. The summed E-state index contributed by atoms with van der Waals surface area (Å²) in [6, 6.07) is 3.30. The van der Waals surface area contributed by atoms with Crippen LogP contribution in [0.1, 0.15) is 11.8 Å². The van der Waals surface area contributed by atoms with E-state index in [0.717, 1.165) is 16.2 Å². The fourth-order valence-corrected chi connectivity index (χ4v) is 5.01. The van der Waals surface area contributed by atoms with Crippen molar-refractivity contribution in [3.05, 3.63) is 22.4 Å². The van der Waals surface area contributed by atoms with Gasteiger partial charge in [-0.2, -0.15) is 0 Å². The van der Waals surface area contributed by atoms with Crippen LogP contribution in [0.25, 0.3) is 0 Å². The molecular weight excluding hydrogens is 344 g/mol. The number of aromatic nitrogens is 2. The number of carbonyl (C=O) groups excluding carboxylic acids is 1. The molecule has 0 bridgehead atoms. The molecule has 0 atom stereocenters. The Balaban J connectivity index is 2.19. The van der Waals surface area contributed by atoms with Crippen LogP contribution in [0.2, 0.25) is 0 Å². The number of anilines is 1. The number of rotatable bonds is 5. The van der Waals surface area contributed by atoms with E-state index in [1.165, 1.54) is 21.1 Å². The lowest BCUT2D eigenvalue weighted by Crippen LogP contribution is -2.38. The standard InChI is InChI=1S/C12H16N4O3S3/c1-4-15(2)12(17)16(3)10-13-14-11(21-10)22(18,19)8-9-6-5-7-20-9/h5-7H,4,8H2,1-3H3.